The van der Waals surface area contributed by atoms with Gasteiger partial charge in [0.25, 0.3) is 11.6 Å². The molecule has 0 unspecified atom stereocenters. The number of hydrogen-bond donors (Lipinski definition) is 2. The number of nitrogen functional groups attached to an aromatic ring is 1. The molecular weight excluding hydrogens is 268 g/mol. The summed E-state index contributed by atoms with van der Waals surface area (Å²) in [5.41, 5.74) is 5.13. The third-order valence-corrected chi connectivity index (χ3v) is 3.95. The van der Waals surface area contributed by atoms with Gasteiger partial charge >= 0.3 is 0 Å². The summed E-state index contributed by atoms with van der Waals surface area (Å²) in [7, 11) is 0. The number of rotatable bonds is 3. The molecule has 1 saturated heterocycles. The third kappa shape index (κ3) is 3.34. The number of nitrogens with two attached hydrogens (primary N) is 1. The number of nitro groups is 1. The fraction of sp³-hybridized carbons (Fsp3) is 0.455. The van der Waals surface area contributed by atoms with E-state index >= 15 is 0 Å². The second kappa shape index (κ2) is 5.87. The number of carbonyl (C=O) groups is 1. The summed E-state index contributed by atoms with van der Waals surface area (Å²) < 4.78 is 0. The minimum absolute atomic E-state index is 0.0317. The van der Waals surface area contributed by atoms with Gasteiger partial charge in [-0.2, -0.15) is 11.8 Å². The average molecular weight is 282 g/mol. The molecule has 1 aromatic heterocycles. The predicted octanol–water partition coefficient (Wildman–Crippen LogP) is 1.20. The smallest absolute Gasteiger partial charge is 0.300 e. The lowest BCUT2D eigenvalue weighted by molar-refractivity contribution is -0.385. The van der Waals surface area contributed by atoms with Crippen molar-refractivity contribution in [3.63, 3.8) is 0 Å². The topological polar surface area (TPSA) is 111 Å². The number of pyridine rings is 1. The number of carbonyl (C=O) groups excluding carboxylic acids is 1. The number of amides is 1. The van der Waals surface area contributed by atoms with Crippen LogP contribution in [0.1, 0.15) is 23.2 Å². The largest absolute Gasteiger partial charge is 0.384 e. The maximum absolute atomic E-state index is 12.1. The maximum Gasteiger partial charge on any atom is 0.300 e. The number of anilines is 1. The molecule has 0 aliphatic carbocycles. The number of thioether (sulfide) groups is 1. The predicted molar refractivity (Wildman–Crippen MR) is 73.1 cm³/mol. The van der Waals surface area contributed by atoms with Gasteiger partial charge in [0.2, 0.25) is 0 Å². The molecule has 0 radical (unpaired) electrons. The molecule has 0 saturated carbocycles. The van der Waals surface area contributed by atoms with Crippen LogP contribution in [-0.4, -0.2) is 33.4 Å². The molecule has 0 spiro atoms. The van der Waals surface area contributed by atoms with Gasteiger partial charge in [0.1, 0.15) is 17.6 Å². The van der Waals surface area contributed by atoms with Crippen molar-refractivity contribution in [3.05, 3.63) is 27.9 Å². The van der Waals surface area contributed by atoms with Crippen LogP contribution >= 0.6 is 11.8 Å². The Bertz CT molecular complexity index is 503. The molecule has 8 heteroatoms. The van der Waals surface area contributed by atoms with Crippen molar-refractivity contribution < 1.29 is 9.72 Å². The number of nitrogens with one attached hydrogen (secondary N) is 1. The zero-order chi connectivity index (χ0) is 13.8. The van der Waals surface area contributed by atoms with Crippen molar-refractivity contribution in [3.8, 4) is 0 Å². The Labute approximate surface area is 114 Å². The highest BCUT2D eigenvalue weighted by Crippen LogP contribution is 2.21. The van der Waals surface area contributed by atoms with Gasteiger partial charge in [-0.3, -0.25) is 14.9 Å². The molecule has 0 aromatic carbocycles. The van der Waals surface area contributed by atoms with Crippen molar-refractivity contribution >= 4 is 29.2 Å². The van der Waals surface area contributed by atoms with Gasteiger partial charge in [0.05, 0.1) is 4.92 Å². The zero-order valence-corrected chi connectivity index (χ0v) is 11.0. The first-order valence-corrected chi connectivity index (χ1v) is 7.02. The van der Waals surface area contributed by atoms with Crippen LogP contribution in [-0.2, 0) is 0 Å². The van der Waals surface area contributed by atoms with E-state index in [-0.39, 0.29) is 23.1 Å². The van der Waals surface area contributed by atoms with Crippen molar-refractivity contribution in [1.82, 2.24) is 10.3 Å². The van der Waals surface area contributed by atoms with Crippen LogP contribution in [0.15, 0.2) is 12.3 Å². The first-order valence-electron chi connectivity index (χ1n) is 5.86. The summed E-state index contributed by atoms with van der Waals surface area (Å²) in [5.74, 6) is 1.62. The zero-order valence-electron chi connectivity index (χ0n) is 10.2. The summed E-state index contributed by atoms with van der Waals surface area (Å²) >= 11 is 1.84. The van der Waals surface area contributed by atoms with Crippen LogP contribution in [0.3, 0.4) is 0 Å². The first-order chi connectivity index (χ1) is 9.08. The van der Waals surface area contributed by atoms with Crippen molar-refractivity contribution in [1.29, 1.82) is 0 Å². The van der Waals surface area contributed by atoms with E-state index in [0.717, 1.165) is 30.5 Å². The first kappa shape index (κ1) is 13.6. The Balaban J connectivity index is 2.17. The lowest BCUT2D eigenvalue weighted by Gasteiger charge is -2.22. The normalized spacial score (nSPS) is 16.0. The van der Waals surface area contributed by atoms with Crippen molar-refractivity contribution in [2.45, 2.75) is 18.9 Å². The maximum atomic E-state index is 12.1. The van der Waals surface area contributed by atoms with Gasteiger partial charge in [-0.25, -0.2) is 4.98 Å². The van der Waals surface area contributed by atoms with E-state index in [4.69, 9.17) is 5.73 Å². The molecule has 19 heavy (non-hydrogen) atoms. The van der Waals surface area contributed by atoms with Gasteiger partial charge < -0.3 is 11.1 Å². The third-order valence-electron chi connectivity index (χ3n) is 2.90. The molecule has 2 heterocycles. The molecule has 1 aliphatic heterocycles. The summed E-state index contributed by atoms with van der Waals surface area (Å²) in [5, 5.41) is 13.7. The second-order valence-corrected chi connectivity index (χ2v) is 5.47. The molecule has 102 valence electrons. The second-order valence-electron chi connectivity index (χ2n) is 4.24. The quantitative estimate of drug-likeness (QED) is 0.636. The molecule has 1 amide bonds. The minimum atomic E-state index is -0.627. The van der Waals surface area contributed by atoms with E-state index in [2.05, 4.69) is 10.3 Å². The van der Waals surface area contributed by atoms with Crippen LogP contribution in [0.5, 0.6) is 0 Å². The Morgan fingerprint density at radius 1 is 1.53 bits per heavy atom. The molecule has 1 aromatic rings. The number of aromatic nitrogens is 1. The van der Waals surface area contributed by atoms with E-state index in [0.29, 0.717) is 0 Å². The Kier molecular flexibility index (Phi) is 4.20. The van der Waals surface area contributed by atoms with Gasteiger partial charge in [0, 0.05) is 6.04 Å². The Hall–Kier alpha value is -1.83. The van der Waals surface area contributed by atoms with E-state index in [9.17, 15) is 14.9 Å². The highest BCUT2D eigenvalue weighted by Gasteiger charge is 2.24. The van der Waals surface area contributed by atoms with E-state index < -0.39 is 10.8 Å². The molecule has 2 rings (SSSR count). The van der Waals surface area contributed by atoms with E-state index in [1.54, 1.807) is 0 Å². The van der Waals surface area contributed by atoms with Gasteiger partial charge in [0.15, 0.2) is 0 Å². The summed E-state index contributed by atoms with van der Waals surface area (Å²) in [4.78, 5) is 26.0. The SMILES string of the molecule is Nc1cc(C(=O)NC2CCSCC2)c([N+](=O)[O-])cn1. The van der Waals surface area contributed by atoms with E-state index in [1.807, 2.05) is 11.8 Å². The van der Waals surface area contributed by atoms with Gasteiger partial charge in [-0.05, 0) is 30.4 Å². The highest BCUT2D eigenvalue weighted by atomic mass is 32.2. The molecule has 0 bridgehead atoms. The molecule has 1 fully saturated rings. The minimum Gasteiger partial charge on any atom is -0.384 e. The summed E-state index contributed by atoms with van der Waals surface area (Å²) in [6, 6.07) is 1.31. The van der Waals surface area contributed by atoms with Gasteiger partial charge in [-0.15, -0.1) is 0 Å². The van der Waals surface area contributed by atoms with Crippen molar-refractivity contribution in [2.75, 3.05) is 17.2 Å². The fourth-order valence-corrected chi connectivity index (χ4v) is 3.00. The lowest BCUT2D eigenvalue weighted by Crippen LogP contribution is -2.37. The van der Waals surface area contributed by atoms with Crippen LogP contribution < -0.4 is 11.1 Å². The molecule has 3 N–H and O–H groups in total. The lowest BCUT2D eigenvalue weighted by atomic mass is 10.1. The standard InChI is InChI=1S/C11H14N4O3S/c12-10-5-8(9(6-13-10)15(17)18)11(16)14-7-1-3-19-4-2-7/h5-7H,1-4H2,(H2,12,13)(H,14,16). The Morgan fingerprint density at radius 3 is 2.84 bits per heavy atom. The fourth-order valence-electron chi connectivity index (χ4n) is 1.90. The van der Waals surface area contributed by atoms with Gasteiger partial charge in [-0.1, -0.05) is 0 Å². The molecule has 1 aliphatic rings. The molecule has 0 atom stereocenters. The van der Waals surface area contributed by atoms with Crippen LogP contribution in [0.2, 0.25) is 0 Å². The molecular formula is C11H14N4O3S. The molecule has 7 nitrogen and oxygen atoms in total. The van der Waals surface area contributed by atoms with Crippen molar-refractivity contribution in [2.24, 2.45) is 0 Å². The average Bonchev–Trinajstić information content (AvgIpc) is 2.39. The summed E-state index contributed by atoms with van der Waals surface area (Å²) in [6.07, 6.45) is 2.77. The monoisotopic (exact) mass is 282 g/mol. The Morgan fingerprint density at radius 2 is 2.21 bits per heavy atom. The number of hydrogen-bond acceptors (Lipinski definition) is 6. The number of nitrogens with zero attached hydrogens (tertiary/aromatic N) is 2. The van der Waals surface area contributed by atoms with Crippen LogP contribution in [0, 0.1) is 10.1 Å². The van der Waals surface area contributed by atoms with E-state index in [1.165, 1.54) is 6.07 Å². The highest BCUT2D eigenvalue weighted by molar-refractivity contribution is 7.99. The van der Waals surface area contributed by atoms with Crippen LogP contribution in [0.4, 0.5) is 11.5 Å². The summed E-state index contributed by atoms with van der Waals surface area (Å²) in [6.45, 7) is 0. The van der Waals surface area contributed by atoms with Crippen LogP contribution in [0.25, 0.3) is 0 Å².